The van der Waals surface area contributed by atoms with Crippen LogP contribution in [-0.2, 0) is 6.42 Å². The van der Waals surface area contributed by atoms with Gasteiger partial charge in [0.1, 0.15) is 11.5 Å². The Morgan fingerprint density at radius 2 is 1.88 bits per heavy atom. The summed E-state index contributed by atoms with van der Waals surface area (Å²) in [5, 5.41) is 18.2. The number of aliphatic hydroxyl groups excluding tert-OH is 2. The molecule has 1 aromatic rings. The van der Waals surface area contributed by atoms with Gasteiger partial charge >= 0.3 is 0 Å². The molecule has 90 valence electrons. The van der Waals surface area contributed by atoms with E-state index >= 15 is 0 Å². The van der Waals surface area contributed by atoms with Crippen LogP contribution in [0.3, 0.4) is 0 Å². The van der Waals surface area contributed by atoms with Crippen LogP contribution in [0.4, 0.5) is 0 Å². The Bertz CT molecular complexity index is 354. The van der Waals surface area contributed by atoms with Crippen LogP contribution in [0.15, 0.2) is 16.6 Å². The molecule has 0 amide bonds. The van der Waals surface area contributed by atoms with Crippen molar-refractivity contribution in [3.8, 4) is 11.5 Å². The topological polar surface area (TPSA) is 58.9 Å². The Labute approximate surface area is 103 Å². The Balaban J connectivity index is 3.04. The number of benzene rings is 1. The minimum atomic E-state index is -0.792. The van der Waals surface area contributed by atoms with Gasteiger partial charge in [0.05, 0.1) is 31.4 Å². The first kappa shape index (κ1) is 13.3. The molecule has 0 spiro atoms. The molecule has 0 saturated heterocycles. The summed E-state index contributed by atoms with van der Waals surface area (Å²) in [6.45, 7) is -0.276. The summed E-state index contributed by atoms with van der Waals surface area (Å²) in [7, 11) is 3.13. The van der Waals surface area contributed by atoms with Crippen molar-refractivity contribution in [1.82, 2.24) is 0 Å². The Hall–Kier alpha value is -0.780. The molecule has 1 rings (SSSR count). The van der Waals surface area contributed by atoms with Crippen LogP contribution < -0.4 is 9.47 Å². The van der Waals surface area contributed by atoms with E-state index < -0.39 is 6.10 Å². The van der Waals surface area contributed by atoms with E-state index in [1.807, 2.05) is 0 Å². The lowest BCUT2D eigenvalue weighted by Gasteiger charge is -2.14. The summed E-state index contributed by atoms with van der Waals surface area (Å²) in [5.74, 6) is 1.32. The first-order valence-corrected chi connectivity index (χ1v) is 5.61. The molecule has 0 heterocycles. The molecule has 0 aliphatic rings. The van der Waals surface area contributed by atoms with Crippen molar-refractivity contribution in [1.29, 1.82) is 0 Å². The van der Waals surface area contributed by atoms with Crippen LogP contribution in [0, 0.1) is 0 Å². The number of hydrogen-bond acceptors (Lipinski definition) is 4. The predicted octanol–water partition coefficient (Wildman–Crippen LogP) is 1.36. The van der Waals surface area contributed by atoms with Gasteiger partial charge in [-0.1, -0.05) is 0 Å². The number of methoxy groups -OCH3 is 2. The highest BCUT2D eigenvalue weighted by Gasteiger charge is 2.12. The van der Waals surface area contributed by atoms with Crippen molar-refractivity contribution in [3.05, 3.63) is 22.2 Å². The van der Waals surface area contributed by atoms with Gasteiger partial charge < -0.3 is 19.7 Å². The fraction of sp³-hybridized carbons (Fsp3) is 0.455. The van der Waals surface area contributed by atoms with E-state index in [0.717, 1.165) is 10.0 Å². The van der Waals surface area contributed by atoms with E-state index in [1.165, 1.54) is 0 Å². The summed E-state index contributed by atoms with van der Waals surface area (Å²) in [4.78, 5) is 0. The normalized spacial score (nSPS) is 12.3. The second kappa shape index (κ2) is 6.08. The van der Waals surface area contributed by atoms with Gasteiger partial charge in [0.2, 0.25) is 0 Å². The van der Waals surface area contributed by atoms with Gasteiger partial charge in [-0.2, -0.15) is 0 Å². The van der Waals surface area contributed by atoms with E-state index in [2.05, 4.69) is 15.9 Å². The average molecular weight is 291 g/mol. The third kappa shape index (κ3) is 3.10. The third-order valence-corrected chi connectivity index (χ3v) is 2.84. The quantitative estimate of drug-likeness (QED) is 0.860. The van der Waals surface area contributed by atoms with Gasteiger partial charge in [-0.3, -0.25) is 0 Å². The second-order valence-electron chi connectivity index (χ2n) is 3.34. The summed E-state index contributed by atoms with van der Waals surface area (Å²) < 4.78 is 11.1. The van der Waals surface area contributed by atoms with E-state index in [-0.39, 0.29) is 6.61 Å². The molecule has 0 radical (unpaired) electrons. The molecule has 16 heavy (non-hydrogen) atoms. The van der Waals surface area contributed by atoms with Crippen LogP contribution in [0.2, 0.25) is 0 Å². The summed E-state index contributed by atoms with van der Waals surface area (Å²) in [6, 6.07) is 3.56. The fourth-order valence-corrected chi connectivity index (χ4v) is 1.89. The van der Waals surface area contributed by atoms with Gasteiger partial charge in [-0.25, -0.2) is 0 Å². The summed E-state index contributed by atoms with van der Waals surface area (Å²) >= 11 is 3.35. The van der Waals surface area contributed by atoms with Crippen molar-refractivity contribution in [3.63, 3.8) is 0 Å². The number of ether oxygens (including phenoxy) is 2. The van der Waals surface area contributed by atoms with Crippen molar-refractivity contribution >= 4 is 15.9 Å². The number of aliphatic hydroxyl groups is 2. The maximum absolute atomic E-state index is 9.41. The molecule has 5 heteroatoms. The monoisotopic (exact) mass is 290 g/mol. The molecule has 4 nitrogen and oxygen atoms in total. The van der Waals surface area contributed by atoms with Crippen molar-refractivity contribution in [2.24, 2.45) is 0 Å². The van der Waals surface area contributed by atoms with Gasteiger partial charge in [-0.05, 0) is 28.1 Å². The molecular formula is C11H15BrO4. The van der Waals surface area contributed by atoms with Gasteiger partial charge in [-0.15, -0.1) is 0 Å². The van der Waals surface area contributed by atoms with E-state index in [9.17, 15) is 5.11 Å². The SMILES string of the molecule is COc1cc(C[C@@H](O)CO)c(OC)cc1Br. The molecule has 0 bridgehead atoms. The highest BCUT2D eigenvalue weighted by Crippen LogP contribution is 2.33. The number of hydrogen-bond donors (Lipinski definition) is 2. The molecular weight excluding hydrogens is 276 g/mol. The molecule has 1 aromatic carbocycles. The minimum absolute atomic E-state index is 0.276. The zero-order valence-corrected chi connectivity index (χ0v) is 10.8. The van der Waals surface area contributed by atoms with Gasteiger partial charge in [0.25, 0.3) is 0 Å². The number of rotatable bonds is 5. The zero-order chi connectivity index (χ0) is 12.1. The van der Waals surface area contributed by atoms with Crippen LogP contribution >= 0.6 is 15.9 Å². The molecule has 1 atom stereocenters. The predicted molar refractivity (Wildman–Crippen MR) is 64.0 cm³/mol. The molecule has 0 aliphatic heterocycles. The smallest absolute Gasteiger partial charge is 0.133 e. The number of halogens is 1. The highest BCUT2D eigenvalue weighted by atomic mass is 79.9. The zero-order valence-electron chi connectivity index (χ0n) is 9.24. The van der Waals surface area contributed by atoms with E-state index in [4.69, 9.17) is 14.6 Å². The standard InChI is InChI=1S/C11H15BrO4/c1-15-10-5-9(12)11(16-2)4-7(10)3-8(14)6-13/h4-5,8,13-14H,3,6H2,1-2H3/t8-/m1/s1. The Morgan fingerprint density at radius 3 is 2.38 bits per heavy atom. The first-order chi connectivity index (χ1) is 7.62. The fourth-order valence-electron chi connectivity index (χ4n) is 1.40. The molecule has 0 aromatic heterocycles. The summed E-state index contributed by atoms with van der Waals surface area (Å²) in [5.41, 5.74) is 0.795. The van der Waals surface area contributed by atoms with Crippen molar-refractivity contribution in [2.45, 2.75) is 12.5 Å². The molecule has 0 saturated carbocycles. The van der Waals surface area contributed by atoms with Crippen LogP contribution in [-0.4, -0.2) is 37.1 Å². The van der Waals surface area contributed by atoms with Crippen LogP contribution in [0.1, 0.15) is 5.56 Å². The lowest BCUT2D eigenvalue weighted by Crippen LogP contribution is -2.15. The maximum Gasteiger partial charge on any atom is 0.133 e. The minimum Gasteiger partial charge on any atom is -0.496 e. The first-order valence-electron chi connectivity index (χ1n) is 4.81. The van der Waals surface area contributed by atoms with Gasteiger partial charge in [0, 0.05) is 12.0 Å². The Morgan fingerprint density at radius 1 is 1.25 bits per heavy atom. The van der Waals surface area contributed by atoms with E-state index in [1.54, 1.807) is 26.4 Å². The average Bonchev–Trinajstić information content (AvgIpc) is 2.30. The second-order valence-corrected chi connectivity index (χ2v) is 4.19. The molecule has 0 aliphatic carbocycles. The largest absolute Gasteiger partial charge is 0.496 e. The van der Waals surface area contributed by atoms with E-state index in [0.29, 0.717) is 17.9 Å². The summed E-state index contributed by atoms with van der Waals surface area (Å²) in [6.07, 6.45) is -0.469. The highest BCUT2D eigenvalue weighted by molar-refractivity contribution is 9.10. The Kier molecular flexibility index (Phi) is 5.05. The van der Waals surface area contributed by atoms with Crippen LogP contribution in [0.25, 0.3) is 0 Å². The van der Waals surface area contributed by atoms with Crippen molar-refractivity contribution in [2.75, 3.05) is 20.8 Å². The molecule has 2 N–H and O–H groups in total. The molecule has 0 unspecified atom stereocenters. The molecule has 0 fully saturated rings. The van der Waals surface area contributed by atoms with Crippen molar-refractivity contribution < 1.29 is 19.7 Å². The lowest BCUT2D eigenvalue weighted by molar-refractivity contribution is 0.0949. The maximum atomic E-state index is 9.41. The third-order valence-electron chi connectivity index (χ3n) is 2.22. The van der Waals surface area contributed by atoms with Gasteiger partial charge in [0.15, 0.2) is 0 Å². The van der Waals surface area contributed by atoms with Crippen LogP contribution in [0.5, 0.6) is 11.5 Å². The lowest BCUT2D eigenvalue weighted by atomic mass is 10.1.